The molecule has 215 valence electrons. The Morgan fingerprint density at radius 2 is 1.26 bits per heavy atom. The van der Waals surface area contributed by atoms with Gasteiger partial charge >= 0.3 is 37.0 Å². The third-order valence-corrected chi connectivity index (χ3v) is 5.75. The first-order valence-corrected chi connectivity index (χ1v) is 12.8. The largest absolute Gasteiger partial charge is 1.00 e. The fourth-order valence-corrected chi connectivity index (χ4v) is 4.12. The molecule has 0 saturated carbocycles. The van der Waals surface area contributed by atoms with Gasteiger partial charge in [0.15, 0.2) is 10.3 Å². The second-order valence-corrected chi connectivity index (χ2v) is 11.9. The zero-order valence-electron chi connectivity index (χ0n) is 24.8. The van der Waals surface area contributed by atoms with E-state index >= 15 is 0 Å². The van der Waals surface area contributed by atoms with Crippen molar-refractivity contribution in [1.29, 1.82) is 0 Å². The topological polar surface area (TPSA) is 149 Å². The third-order valence-electron chi connectivity index (χ3n) is 3.89. The number of aliphatic hydroxyl groups excluding tert-OH is 1. The molecule has 0 spiro atoms. The molecule has 0 fully saturated rings. The van der Waals surface area contributed by atoms with Crippen molar-refractivity contribution < 1.29 is 54.0 Å². The molecule has 2 heterocycles. The van der Waals surface area contributed by atoms with Gasteiger partial charge in [0.2, 0.25) is 0 Å². The molecule has 2 rings (SSSR count). The van der Waals surface area contributed by atoms with E-state index in [1.165, 1.54) is 29.8 Å². The van der Waals surface area contributed by atoms with Crippen LogP contribution in [-0.2, 0) is 31.8 Å². The minimum atomic E-state index is -0.564. The van der Waals surface area contributed by atoms with E-state index in [2.05, 4.69) is 25.3 Å². The number of hydrogen-bond donors (Lipinski definition) is 3. The van der Waals surface area contributed by atoms with Gasteiger partial charge in [0.1, 0.15) is 11.2 Å². The Bertz CT molecular complexity index is 1060. The predicted molar refractivity (Wildman–Crippen MR) is 154 cm³/mol. The van der Waals surface area contributed by atoms with Crippen LogP contribution in [0.5, 0.6) is 0 Å². The molecule has 0 aliphatic rings. The van der Waals surface area contributed by atoms with Crippen molar-refractivity contribution in [2.75, 3.05) is 24.4 Å². The monoisotopic (exact) mass is 579 g/mol. The van der Waals surface area contributed by atoms with Gasteiger partial charge in [-0.3, -0.25) is 15.4 Å². The van der Waals surface area contributed by atoms with Gasteiger partial charge in [-0.05, 0) is 55.4 Å². The molecular weight excluding hydrogens is 538 g/mol. The maximum absolute atomic E-state index is 11.6. The summed E-state index contributed by atoms with van der Waals surface area (Å²) in [6, 6.07) is 0. The van der Waals surface area contributed by atoms with Crippen LogP contribution in [0.2, 0.25) is 0 Å². The summed E-state index contributed by atoms with van der Waals surface area (Å²) in [4.78, 5) is 44.5. The number of amides is 2. The molecule has 0 aliphatic carbocycles. The van der Waals surface area contributed by atoms with Gasteiger partial charge in [0.25, 0.3) is 0 Å². The van der Waals surface area contributed by atoms with Crippen LogP contribution in [0.25, 0.3) is 0 Å². The number of rotatable bonds is 6. The summed E-state index contributed by atoms with van der Waals surface area (Å²) >= 11 is 2.66. The van der Waals surface area contributed by atoms with Gasteiger partial charge < -0.3 is 20.7 Å². The van der Waals surface area contributed by atoms with Gasteiger partial charge in [-0.1, -0.05) is 7.43 Å². The van der Waals surface area contributed by atoms with Crippen molar-refractivity contribution in [3.8, 4) is 0 Å². The predicted octanol–water partition coefficient (Wildman–Crippen LogP) is 2.22. The van der Waals surface area contributed by atoms with Gasteiger partial charge in [0.05, 0.1) is 24.9 Å². The summed E-state index contributed by atoms with van der Waals surface area (Å²) in [5.74, 6) is -0.364. The van der Waals surface area contributed by atoms with E-state index in [9.17, 15) is 14.4 Å². The quantitative estimate of drug-likeness (QED) is 0.266. The molecule has 0 aliphatic heterocycles. The Balaban J connectivity index is -0.000000296. The smallest absolute Gasteiger partial charge is 1.00 e. The number of ether oxygens (including phenoxy) is 3. The number of esters is 1. The normalized spacial score (nSPS) is 10.3. The number of carbonyl (C=O) groups excluding carboxylic acids is 3. The van der Waals surface area contributed by atoms with E-state index in [-0.39, 0.29) is 55.1 Å². The SMILES string of the molecule is C.COC(=O)Cc1nc(NC(=O)OC(C)(C)C)sc1C.Cc1sc(NC(=O)OC(C)(C)C)nc1CCO.[B].[H-].[Li+]. The number of nitrogens with zero attached hydrogens (tertiary/aromatic N) is 2. The molecule has 2 aromatic rings. The van der Waals surface area contributed by atoms with Gasteiger partial charge in [-0.2, -0.15) is 0 Å². The number of thiazole rings is 2. The number of aliphatic hydroxyl groups is 1. The Morgan fingerprint density at radius 1 is 0.872 bits per heavy atom. The van der Waals surface area contributed by atoms with Crippen LogP contribution in [-0.4, -0.2) is 66.6 Å². The van der Waals surface area contributed by atoms with Crippen LogP contribution in [0.1, 0.15) is 71.5 Å². The molecule has 15 heteroatoms. The number of aromatic nitrogens is 2. The number of anilines is 2. The molecule has 0 bridgehead atoms. The zero-order valence-corrected chi connectivity index (χ0v) is 25.4. The van der Waals surface area contributed by atoms with Crippen LogP contribution in [0, 0.1) is 13.8 Å². The molecule has 2 aromatic heterocycles. The molecule has 3 N–H and O–H groups in total. The number of nitrogens with one attached hydrogen (secondary N) is 2. The second-order valence-electron chi connectivity index (χ2n) is 9.52. The van der Waals surface area contributed by atoms with Crippen LogP contribution in [0.3, 0.4) is 0 Å². The Kier molecular flexibility index (Phi) is 19.4. The molecule has 0 unspecified atom stereocenters. The third kappa shape index (κ3) is 17.2. The minimum Gasteiger partial charge on any atom is -1.00 e. The number of carbonyl (C=O) groups is 3. The van der Waals surface area contributed by atoms with E-state index in [1.54, 1.807) is 41.5 Å². The summed E-state index contributed by atoms with van der Waals surface area (Å²) < 4.78 is 14.8. The molecular formula is C24H41BLiN4O7S2. The van der Waals surface area contributed by atoms with E-state index in [1.807, 2.05) is 13.8 Å². The summed E-state index contributed by atoms with van der Waals surface area (Å²) in [6.45, 7) is 14.5. The van der Waals surface area contributed by atoms with Crippen molar-refractivity contribution in [2.45, 2.75) is 86.9 Å². The van der Waals surface area contributed by atoms with Crippen molar-refractivity contribution in [3.05, 3.63) is 21.1 Å². The van der Waals surface area contributed by atoms with Crippen LogP contribution >= 0.6 is 22.7 Å². The maximum Gasteiger partial charge on any atom is 1.00 e. The van der Waals surface area contributed by atoms with Crippen molar-refractivity contribution in [2.24, 2.45) is 0 Å². The first-order valence-electron chi connectivity index (χ1n) is 11.1. The summed E-state index contributed by atoms with van der Waals surface area (Å²) in [7, 11) is 1.32. The standard InChI is InChI=1S/C12H18N2O4S.C11H18N2O3S.CH4.B.Li.H/c1-7-8(6-9(15)17-5)13-10(19-7)14-11(16)18-12(2,3)4;1-7-8(5-6-14)12-9(17-7)13-10(15)16-11(2,3)4;;;;/h6H2,1-5H3,(H,13,14,16);14H,5-6H2,1-4H3,(H,12,13,15);1H4;;;/q;;;;+1;-1. The van der Waals surface area contributed by atoms with Gasteiger partial charge in [-0.15, -0.1) is 22.7 Å². The summed E-state index contributed by atoms with van der Waals surface area (Å²) in [6.07, 6.45) is -0.486. The maximum atomic E-state index is 11.6. The Hall–Kier alpha value is -2.11. The van der Waals surface area contributed by atoms with Crippen molar-refractivity contribution in [1.82, 2.24) is 9.97 Å². The fourth-order valence-electron chi connectivity index (χ4n) is 2.46. The average Bonchev–Trinajstić information content (AvgIpc) is 3.20. The van der Waals surface area contributed by atoms with E-state index in [0.29, 0.717) is 22.4 Å². The Morgan fingerprint density at radius 3 is 1.62 bits per heavy atom. The van der Waals surface area contributed by atoms with E-state index in [0.717, 1.165) is 15.4 Å². The zero-order chi connectivity index (χ0) is 27.7. The second kappa shape index (κ2) is 18.3. The van der Waals surface area contributed by atoms with Crippen molar-refractivity contribution >= 4 is 59.5 Å². The van der Waals surface area contributed by atoms with Crippen LogP contribution in [0.15, 0.2) is 0 Å². The summed E-state index contributed by atoms with van der Waals surface area (Å²) in [5.41, 5.74) is 0.321. The Labute approximate surface area is 255 Å². The van der Waals surface area contributed by atoms with Gasteiger partial charge in [0, 0.05) is 31.2 Å². The van der Waals surface area contributed by atoms with E-state index in [4.69, 9.17) is 14.6 Å². The first kappa shape index (κ1) is 41.4. The first-order chi connectivity index (χ1) is 16.5. The van der Waals surface area contributed by atoms with Crippen molar-refractivity contribution in [3.63, 3.8) is 0 Å². The number of aryl methyl sites for hydroxylation is 2. The fraction of sp³-hybridized carbons (Fsp3) is 0.625. The van der Waals surface area contributed by atoms with Crippen LogP contribution < -0.4 is 29.5 Å². The average molecular weight is 580 g/mol. The molecule has 39 heavy (non-hydrogen) atoms. The molecule has 11 nitrogen and oxygen atoms in total. The number of methoxy groups -OCH3 is 1. The molecule has 0 atom stereocenters. The number of hydrogen-bond acceptors (Lipinski definition) is 11. The minimum absolute atomic E-state index is 0. The molecule has 2 amide bonds. The van der Waals surface area contributed by atoms with Gasteiger partial charge in [-0.25, -0.2) is 19.6 Å². The van der Waals surface area contributed by atoms with Crippen LogP contribution in [0.4, 0.5) is 19.9 Å². The molecule has 0 saturated heterocycles. The molecule has 0 aromatic carbocycles. The summed E-state index contributed by atoms with van der Waals surface area (Å²) in [5, 5.41) is 14.9. The molecule has 3 radical (unpaired) electrons. The van der Waals surface area contributed by atoms with E-state index < -0.39 is 23.4 Å².